The van der Waals surface area contributed by atoms with Crippen LogP contribution in [0.5, 0.6) is 5.75 Å². The van der Waals surface area contributed by atoms with Gasteiger partial charge in [0.25, 0.3) is 0 Å². The van der Waals surface area contributed by atoms with Crippen molar-refractivity contribution in [2.45, 2.75) is 4.90 Å². The molecule has 0 aliphatic carbocycles. The molecule has 0 saturated carbocycles. The van der Waals surface area contributed by atoms with Gasteiger partial charge in [0.05, 0.1) is 7.11 Å². The molecule has 0 unspecified atom stereocenters. The second-order valence-electron chi connectivity index (χ2n) is 3.49. The van der Waals surface area contributed by atoms with Gasteiger partial charge in [-0.25, -0.2) is 0 Å². The van der Waals surface area contributed by atoms with Crippen molar-refractivity contribution in [2.75, 3.05) is 7.11 Å². The summed E-state index contributed by atoms with van der Waals surface area (Å²) >= 11 is 0. The Labute approximate surface area is 96.5 Å². The van der Waals surface area contributed by atoms with Crippen molar-refractivity contribution in [1.82, 2.24) is 0 Å². The molecule has 0 bridgehead atoms. The van der Waals surface area contributed by atoms with Gasteiger partial charge < -0.3 is 17.7 Å². The molecule has 1 aromatic rings. The van der Waals surface area contributed by atoms with Gasteiger partial charge in [-0.05, 0) is 6.07 Å². The molecule has 0 radical (unpaired) electrons. The molecule has 0 aliphatic rings. The minimum Gasteiger partial charge on any atom is -0.497 e. The molecule has 1 aromatic carbocycles. The second kappa shape index (κ2) is 3.25. The Hall–Kier alpha value is -1.13. The third-order valence-corrected chi connectivity index (χ3v) is 3.09. The maximum Gasteiger partial charge on any atom is 0.509 e. The molecule has 1 nitrogen and oxygen atoms in total. The van der Waals surface area contributed by atoms with Crippen LogP contribution in [0.3, 0.4) is 0 Å². The smallest absolute Gasteiger partial charge is 0.497 e. The average Bonchev–Trinajstić information content (AvgIpc) is 2.12. The molecule has 106 valence electrons. The molecule has 0 N–H and O–H groups in total. The molecule has 0 aliphatic heterocycles. The molecule has 0 aromatic heterocycles. The molecule has 0 spiro atoms. The van der Waals surface area contributed by atoms with E-state index in [0.717, 1.165) is 7.11 Å². The summed E-state index contributed by atoms with van der Waals surface area (Å²) in [5.41, 5.74) is -1.79. The minimum absolute atomic E-state index is 0.160. The number of ether oxygens (including phenoxy) is 1. The first-order valence-electron chi connectivity index (χ1n) is 4.26. The average molecular weight is 301 g/mol. The van der Waals surface area contributed by atoms with Gasteiger partial charge in [-0.15, -0.1) is 5.46 Å². The van der Waals surface area contributed by atoms with Crippen LogP contribution in [0.4, 0.5) is 32.4 Å². The molecule has 0 fully saturated rings. The van der Waals surface area contributed by atoms with E-state index in [1.54, 1.807) is 0 Å². The Morgan fingerprint density at radius 3 is 1.78 bits per heavy atom. The van der Waals surface area contributed by atoms with Crippen molar-refractivity contribution >= 4 is 22.7 Å². The molecule has 0 saturated heterocycles. The fourth-order valence-corrected chi connectivity index (χ4v) is 1.82. The highest BCUT2D eigenvalue weighted by atomic mass is 32.5. The van der Waals surface area contributed by atoms with E-state index in [0.29, 0.717) is 0 Å². The number of methoxy groups -OCH3 is 1. The van der Waals surface area contributed by atoms with Crippen LogP contribution >= 0.6 is 10.2 Å². The Morgan fingerprint density at radius 1 is 0.944 bits per heavy atom. The van der Waals surface area contributed by atoms with Crippen LogP contribution in [0.2, 0.25) is 0 Å². The van der Waals surface area contributed by atoms with E-state index < -0.39 is 39.4 Å². The summed E-state index contributed by atoms with van der Waals surface area (Å²) in [4.78, 5) is -2.62. The van der Waals surface area contributed by atoms with Crippen molar-refractivity contribution in [1.29, 1.82) is 0 Å². The lowest BCUT2D eigenvalue weighted by molar-refractivity contribution is 0.361. The maximum atomic E-state index is 12.4. The van der Waals surface area contributed by atoms with Crippen molar-refractivity contribution in [3.63, 3.8) is 0 Å². The normalized spacial score (nSPS) is 16.9. The van der Waals surface area contributed by atoms with E-state index in [2.05, 4.69) is 4.74 Å². The Balaban J connectivity index is 3.60. The van der Waals surface area contributed by atoms with E-state index in [1.165, 1.54) is 0 Å². The fourth-order valence-electron chi connectivity index (χ4n) is 1.12. The predicted octanol–water partition coefficient (Wildman–Crippen LogP) is 4.41. The zero-order valence-corrected chi connectivity index (χ0v) is 9.47. The van der Waals surface area contributed by atoms with Crippen LogP contribution in [-0.4, -0.2) is 14.1 Å². The zero-order valence-electron chi connectivity index (χ0n) is 8.65. The van der Waals surface area contributed by atoms with Gasteiger partial charge in [0.1, 0.15) is 10.6 Å². The Bertz CT molecular complexity index is 478. The number of hydrogen-bond donors (Lipinski definition) is 0. The van der Waals surface area contributed by atoms with Gasteiger partial charge in [-0.1, -0.05) is 25.5 Å². The van der Waals surface area contributed by atoms with E-state index >= 15 is 0 Å². The molecule has 1 rings (SSSR count). The molecule has 0 heterocycles. The third kappa shape index (κ3) is 3.43. The standard InChI is InChI=1S/C7H6BF8OS/c1-17-6-2-5(8(9,10)11)3-7(4-6)18(12,13,14,15)16/h2-4H,1H3/q-1. The summed E-state index contributed by atoms with van der Waals surface area (Å²) in [6.07, 6.45) is 0. The number of halogens is 8. The van der Waals surface area contributed by atoms with Gasteiger partial charge in [0, 0.05) is 6.07 Å². The summed E-state index contributed by atoms with van der Waals surface area (Å²) in [6, 6.07) is -0.538. The highest BCUT2D eigenvalue weighted by molar-refractivity contribution is 8.45. The van der Waals surface area contributed by atoms with Gasteiger partial charge >= 0.3 is 17.2 Å². The van der Waals surface area contributed by atoms with E-state index in [4.69, 9.17) is 0 Å². The van der Waals surface area contributed by atoms with Gasteiger partial charge in [-0.3, -0.25) is 0 Å². The van der Waals surface area contributed by atoms with Crippen molar-refractivity contribution in [3.8, 4) is 5.75 Å². The zero-order chi connectivity index (χ0) is 14.5. The summed E-state index contributed by atoms with van der Waals surface area (Å²) in [5.74, 6) is -0.935. The summed E-state index contributed by atoms with van der Waals surface area (Å²) in [6.45, 7) is -5.85. The highest BCUT2D eigenvalue weighted by Crippen LogP contribution is 3.02. The van der Waals surface area contributed by atoms with E-state index in [1.807, 2.05) is 0 Å². The molecule has 0 atom stereocenters. The van der Waals surface area contributed by atoms with Crippen LogP contribution in [0.1, 0.15) is 0 Å². The second-order valence-corrected chi connectivity index (χ2v) is 5.89. The largest absolute Gasteiger partial charge is 0.509 e. The quantitative estimate of drug-likeness (QED) is 0.593. The molecule has 18 heavy (non-hydrogen) atoms. The third-order valence-electron chi connectivity index (χ3n) is 1.96. The Kier molecular flexibility index (Phi) is 2.70. The van der Waals surface area contributed by atoms with Crippen molar-refractivity contribution in [3.05, 3.63) is 18.2 Å². The van der Waals surface area contributed by atoms with Crippen LogP contribution in [0, 0.1) is 0 Å². The molecule has 0 amide bonds. The SMILES string of the molecule is COc1cc([B-](F)(F)F)cc(S(F)(F)(F)(F)F)c1. The highest BCUT2D eigenvalue weighted by Gasteiger charge is 2.65. The van der Waals surface area contributed by atoms with Crippen LogP contribution < -0.4 is 10.2 Å². The number of rotatable bonds is 3. The van der Waals surface area contributed by atoms with Crippen LogP contribution in [0.25, 0.3) is 0 Å². The van der Waals surface area contributed by atoms with Crippen LogP contribution in [0.15, 0.2) is 23.1 Å². The first-order chi connectivity index (χ1) is 7.63. The minimum atomic E-state index is -10.2. The molecule has 11 heteroatoms. The fraction of sp³-hybridized carbons (Fsp3) is 0.143. The monoisotopic (exact) mass is 301 g/mol. The van der Waals surface area contributed by atoms with Gasteiger partial charge in [0.15, 0.2) is 0 Å². The molecular weight excluding hydrogens is 295 g/mol. The topological polar surface area (TPSA) is 9.23 Å². The summed E-state index contributed by atoms with van der Waals surface area (Å²) < 4.78 is 103. The number of hydrogen-bond acceptors (Lipinski definition) is 1. The summed E-state index contributed by atoms with van der Waals surface area (Å²) in [5, 5.41) is 0. The van der Waals surface area contributed by atoms with E-state index in [-0.39, 0.29) is 12.1 Å². The maximum absolute atomic E-state index is 12.4. The first kappa shape index (κ1) is 14.9. The lowest BCUT2D eigenvalue weighted by atomic mass is 9.80. The van der Waals surface area contributed by atoms with E-state index in [9.17, 15) is 32.4 Å². The lowest BCUT2D eigenvalue weighted by Gasteiger charge is -2.41. The predicted molar refractivity (Wildman–Crippen MR) is 53.1 cm³/mol. The van der Waals surface area contributed by atoms with Crippen LogP contribution in [-0.2, 0) is 0 Å². The first-order valence-corrected chi connectivity index (χ1v) is 6.21. The summed E-state index contributed by atoms with van der Waals surface area (Å²) in [7, 11) is -9.39. The number of benzene rings is 1. The van der Waals surface area contributed by atoms with Gasteiger partial charge in [0.2, 0.25) is 0 Å². The van der Waals surface area contributed by atoms with Crippen molar-refractivity contribution in [2.24, 2.45) is 0 Å². The molecular formula is C7H6BF8OS-. The van der Waals surface area contributed by atoms with Gasteiger partial charge in [-0.2, -0.15) is 0 Å². The Morgan fingerprint density at radius 2 is 1.44 bits per heavy atom. The lowest BCUT2D eigenvalue weighted by Crippen LogP contribution is -2.34. The van der Waals surface area contributed by atoms with Crippen molar-refractivity contribution < 1.29 is 37.1 Å².